The minimum atomic E-state index is -1.97. The van der Waals surface area contributed by atoms with E-state index in [0.29, 0.717) is 31.8 Å². The Kier molecular flexibility index (Phi) is 6.51. The second kappa shape index (κ2) is 9.39. The van der Waals surface area contributed by atoms with Crippen molar-refractivity contribution in [3.05, 3.63) is 58.4 Å². The molecule has 3 aliphatic rings. The van der Waals surface area contributed by atoms with E-state index in [9.17, 15) is 15.2 Å². The molecular weight excluding hydrogens is 480 g/mol. The van der Waals surface area contributed by atoms with Crippen LogP contribution in [0.4, 0.5) is 8.78 Å². The summed E-state index contributed by atoms with van der Waals surface area (Å²) in [6, 6.07) is 4.77. The van der Waals surface area contributed by atoms with Gasteiger partial charge in [-0.25, -0.2) is 18.7 Å². The van der Waals surface area contributed by atoms with Gasteiger partial charge < -0.3 is 20.1 Å². The molecule has 1 saturated heterocycles. The lowest BCUT2D eigenvalue weighted by Crippen LogP contribution is -2.53. The van der Waals surface area contributed by atoms with Crippen molar-refractivity contribution in [2.45, 2.75) is 70.0 Å². The van der Waals surface area contributed by atoms with Crippen LogP contribution in [0.2, 0.25) is 0 Å². The molecule has 8 nitrogen and oxygen atoms in total. The van der Waals surface area contributed by atoms with E-state index in [1.165, 1.54) is 11.0 Å². The van der Waals surface area contributed by atoms with Gasteiger partial charge in [0.15, 0.2) is 6.23 Å². The highest BCUT2D eigenvalue weighted by atomic mass is 19.1. The lowest BCUT2D eigenvalue weighted by molar-refractivity contribution is -0.127. The molecule has 196 valence electrons. The summed E-state index contributed by atoms with van der Waals surface area (Å²) in [5.41, 5.74) is -3.65. The van der Waals surface area contributed by atoms with Gasteiger partial charge in [-0.15, -0.1) is 0 Å². The van der Waals surface area contributed by atoms with Crippen LogP contribution in [0.15, 0.2) is 24.5 Å². The number of carbonyl (C=O) groups excluding carboxylic acids is 1. The molecule has 2 atom stereocenters. The average molecular weight is 512 g/mol. The van der Waals surface area contributed by atoms with Crippen molar-refractivity contribution < 1.29 is 23.4 Å². The molecule has 1 amide bonds. The molecule has 2 fully saturated rings. The summed E-state index contributed by atoms with van der Waals surface area (Å²) in [7, 11) is 0. The maximum atomic E-state index is 16.1. The van der Waals surface area contributed by atoms with Crippen LogP contribution in [0.1, 0.15) is 78.1 Å². The van der Waals surface area contributed by atoms with Gasteiger partial charge in [-0.3, -0.25) is 4.79 Å². The second-order valence-electron chi connectivity index (χ2n) is 10.5. The van der Waals surface area contributed by atoms with E-state index < -0.39 is 34.6 Å². The van der Waals surface area contributed by atoms with Gasteiger partial charge in [-0.1, -0.05) is 6.92 Å². The number of piperidine rings is 1. The van der Waals surface area contributed by atoms with Gasteiger partial charge in [-0.2, -0.15) is 5.26 Å². The number of ether oxygens (including phenoxy) is 1. The summed E-state index contributed by atoms with van der Waals surface area (Å²) < 4.78 is 37.9. The molecule has 3 heterocycles. The first-order chi connectivity index (χ1) is 17.7. The van der Waals surface area contributed by atoms with Crippen LogP contribution in [0.25, 0.3) is 0 Å². The number of benzene rings is 1. The predicted octanol–water partition coefficient (Wildman–Crippen LogP) is 3.59. The van der Waals surface area contributed by atoms with Gasteiger partial charge in [0.05, 0.1) is 30.2 Å². The molecule has 0 radical (unpaired) electrons. The van der Waals surface area contributed by atoms with Crippen molar-refractivity contribution in [1.82, 2.24) is 20.2 Å². The largest absolute Gasteiger partial charge is 0.382 e. The van der Waals surface area contributed by atoms with Gasteiger partial charge in [0.2, 0.25) is 0 Å². The lowest BCUT2D eigenvalue weighted by atomic mass is 9.71. The topological polar surface area (TPSA) is 111 Å². The fraction of sp³-hybridized carbons (Fsp3) is 0.556. The van der Waals surface area contributed by atoms with E-state index in [1.807, 2.05) is 6.92 Å². The first-order valence-electron chi connectivity index (χ1n) is 12.7. The summed E-state index contributed by atoms with van der Waals surface area (Å²) in [6.07, 6.45) is 3.67. The van der Waals surface area contributed by atoms with Crippen molar-refractivity contribution in [2.75, 3.05) is 19.7 Å². The summed E-state index contributed by atoms with van der Waals surface area (Å²) >= 11 is 0. The maximum absolute atomic E-state index is 16.1. The van der Waals surface area contributed by atoms with E-state index in [4.69, 9.17) is 4.74 Å². The quantitative estimate of drug-likeness (QED) is 0.557. The van der Waals surface area contributed by atoms with Crippen LogP contribution in [0.5, 0.6) is 0 Å². The van der Waals surface area contributed by atoms with Crippen molar-refractivity contribution in [3.8, 4) is 6.07 Å². The maximum Gasteiger partial charge on any atom is 0.257 e. The third-order valence-electron chi connectivity index (χ3n) is 8.03. The zero-order valence-electron chi connectivity index (χ0n) is 21.1. The van der Waals surface area contributed by atoms with Crippen molar-refractivity contribution in [2.24, 2.45) is 5.41 Å². The zero-order valence-corrected chi connectivity index (χ0v) is 21.1. The number of aromatic nitrogens is 2. The third kappa shape index (κ3) is 4.39. The number of nitrogens with zero attached hydrogens (tertiary/aromatic N) is 4. The molecule has 1 aromatic heterocycles. The Morgan fingerprint density at radius 1 is 1.27 bits per heavy atom. The Morgan fingerprint density at radius 2 is 1.95 bits per heavy atom. The number of carbonyl (C=O) groups is 1. The van der Waals surface area contributed by atoms with Crippen LogP contribution < -0.4 is 5.32 Å². The number of rotatable bonds is 8. The van der Waals surface area contributed by atoms with Gasteiger partial charge >= 0.3 is 0 Å². The number of aliphatic hydroxyl groups is 1. The van der Waals surface area contributed by atoms with Crippen LogP contribution >= 0.6 is 0 Å². The van der Waals surface area contributed by atoms with E-state index in [-0.39, 0.29) is 49.1 Å². The number of nitriles is 1. The van der Waals surface area contributed by atoms with Gasteiger partial charge in [-0.05, 0) is 75.4 Å². The number of hydrogen-bond donors (Lipinski definition) is 2. The SMILES string of the molecule is CCC(O)(c1cc(F)c2c(c1)C(=O)N(Cc1ncc(C)cn1)C2OCC1(C#N)CC1)C1(F)CCNCC1. The number of fused-ring (bicyclic) bond motifs is 1. The van der Waals surface area contributed by atoms with E-state index in [0.717, 1.165) is 11.6 Å². The highest BCUT2D eigenvalue weighted by Gasteiger charge is 2.53. The molecule has 0 bridgehead atoms. The summed E-state index contributed by atoms with van der Waals surface area (Å²) in [5, 5.41) is 24.2. The van der Waals surface area contributed by atoms with Crippen LogP contribution in [-0.4, -0.2) is 51.2 Å². The summed E-state index contributed by atoms with van der Waals surface area (Å²) in [6.45, 7) is 4.30. The van der Waals surface area contributed by atoms with Crippen LogP contribution in [-0.2, 0) is 16.9 Å². The monoisotopic (exact) mass is 511 g/mol. The molecule has 2 unspecified atom stereocenters. The number of amides is 1. The minimum absolute atomic E-state index is 0.0123. The number of aryl methyl sites for hydroxylation is 1. The number of hydrogen-bond acceptors (Lipinski definition) is 7. The molecule has 10 heteroatoms. The fourth-order valence-corrected chi connectivity index (χ4v) is 5.38. The first-order valence-corrected chi connectivity index (χ1v) is 12.7. The number of halogens is 2. The summed E-state index contributed by atoms with van der Waals surface area (Å²) in [4.78, 5) is 23.5. The Labute approximate surface area is 214 Å². The molecule has 37 heavy (non-hydrogen) atoms. The third-order valence-corrected chi connectivity index (χ3v) is 8.03. The Hall–Kier alpha value is -3.00. The van der Waals surface area contributed by atoms with Crippen LogP contribution in [0, 0.1) is 29.5 Å². The van der Waals surface area contributed by atoms with Gasteiger partial charge in [0, 0.05) is 18.0 Å². The molecule has 5 rings (SSSR count). The van der Waals surface area contributed by atoms with E-state index in [1.54, 1.807) is 19.3 Å². The number of alkyl halides is 1. The highest BCUT2D eigenvalue weighted by Crippen LogP contribution is 2.49. The second-order valence-corrected chi connectivity index (χ2v) is 10.5. The Morgan fingerprint density at radius 3 is 2.54 bits per heavy atom. The smallest absolute Gasteiger partial charge is 0.257 e. The van der Waals surface area contributed by atoms with Crippen molar-refractivity contribution >= 4 is 5.91 Å². The molecule has 2 aromatic rings. The molecule has 2 N–H and O–H groups in total. The molecule has 0 spiro atoms. The minimum Gasteiger partial charge on any atom is -0.382 e. The molecule has 1 aliphatic carbocycles. The lowest BCUT2D eigenvalue weighted by Gasteiger charge is -2.44. The molecule has 1 aromatic carbocycles. The normalized spacial score (nSPS) is 23.3. The Balaban J connectivity index is 1.54. The first kappa shape index (κ1) is 25.6. The number of nitrogens with one attached hydrogen (secondary N) is 1. The predicted molar refractivity (Wildman–Crippen MR) is 129 cm³/mol. The molecule has 2 aliphatic heterocycles. The van der Waals surface area contributed by atoms with Gasteiger partial charge in [0.1, 0.15) is 22.9 Å². The standard InChI is InChI=1S/C27H31F2N5O3/c1-3-27(36,26(29)6-8-31-9-7-26)18-10-19-22(20(28)11-18)24(37-16-25(15-30)4-5-25)34(23(19)35)14-21-32-12-17(2)13-33-21/h10-13,24,31,36H,3-9,14,16H2,1-2H3. The van der Waals surface area contributed by atoms with Crippen molar-refractivity contribution in [3.63, 3.8) is 0 Å². The fourth-order valence-electron chi connectivity index (χ4n) is 5.38. The average Bonchev–Trinajstić information content (AvgIpc) is 3.64. The molecule has 1 saturated carbocycles. The molecular formula is C27H31F2N5O3. The van der Waals surface area contributed by atoms with Gasteiger partial charge in [0.25, 0.3) is 5.91 Å². The highest BCUT2D eigenvalue weighted by molar-refractivity contribution is 5.99. The van der Waals surface area contributed by atoms with E-state index in [2.05, 4.69) is 21.4 Å². The van der Waals surface area contributed by atoms with E-state index >= 15 is 8.78 Å². The van der Waals surface area contributed by atoms with Crippen LogP contribution in [0.3, 0.4) is 0 Å². The summed E-state index contributed by atoms with van der Waals surface area (Å²) in [5.74, 6) is -0.933. The van der Waals surface area contributed by atoms with Crippen molar-refractivity contribution in [1.29, 1.82) is 5.26 Å². The Bertz CT molecular complexity index is 1240. The zero-order chi connectivity index (χ0) is 26.4.